The number of carbonyl (C=O) groups is 2. The van der Waals surface area contributed by atoms with Gasteiger partial charge in [0.15, 0.2) is 0 Å². The lowest BCUT2D eigenvalue weighted by Crippen LogP contribution is -2.24. The second-order valence-corrected chi connectivity index (χ2v) is 8.94. The normalized spacial score (nSPS) is 18.1. The summed E-state index contributed by atoms with van der Waals surface area (Å²) < 4.78 is 5.09. The number of aryl methyl sites for hydroxylation is 1. The lowest BCUT2D eigenvalue weighted by molar-refractivity contribution is -0.144. The number of piperidine rings is 1. The Morgan fingerprint density at radius 3 is 2.64 bits per heavy atom. The highest BCUT2D eigenvalue weighted by atomic mass is 16.5. The number of hydrogen-bond acceptors (Lipinski definition) is 5. The fraction of sp³-hybridized carbons (Fsp3) is 0.444. The van der Waals surface area contributed by atoms with Crippen LogP contribution in [0.2, 0.25) is 0 Å². The first-order valence-electron chi connectivity index (χ1n) is 12.1. The van der Waals surface area contributed by atoms with E-state index in [0.717, 1.165) is 43.6 Å². The molecule has 1 N–H and O–H groups in total. The van der Waals surface area contributed by atoms with Gasteiger partial charge < -0.3 is 10.1 Å². The van der Waals surface area contributed by atoms with E-state index in [-0.39, 0.29) is 11.9 Å². The largest absolute Gasteiger partial charge is 0.466 e. The SMILES string of the molecule is CCOC(=O)CC1CCc2cc(NC(=O)c3ccc(/C=N/N4CCCCC4)cc3)ccc2C1. The van der Waals surface area contributed by atoms with Crippen LogP contribution in [0.4, 0.5) is 5.69 Å². The molecule has 0 saturated carbocycles. The number of fused-ring (bicyclic) bond motifs is 1. The molecule has 6 nitrogen and oxygen atoms in total. The van der Waals surface area contributed by atoms with Crippen LogP contribution in [0.1, 0.15) is 66.1 Å². The van der Waals surface area contributed by atoms with Gasteiger partial charge in [0.05, 0.1) is 12.8 Å². The van der Waals surface area contributed by atoms with Crippen LogP contribution in [0.3, 0.4) is 0 Å². The summed E-state index contributed by atoms with van der Waals surface area (Å²) >= 11 is 0. The van der Waals surface area contributed by atoms with Gasteiger partial charge in [-0.3, -0.25) is 14.6 Å². The number of nitrogens with zero attached hydrogens (tertiary/aromatic N) is 2. The van der Waals surface area contributed by atoms with Crippen LogP contribution >= 0.6 is 0 Å². The summed E-state index contributed by atoms with van der Waals surface area (Å²) in [6, 6.07) is 13.6. The Morgan fingerprint density at radius 2 is 1.88 bits per heavy atom. The molecule has 1 fully saturated rings. The van der Waals surface area contributed by atoms with Gasteiger partial charge in [-0.05, 0) is 92.3 Å². The number of anilines is 1. The third kappa shape index (κ3) is 6.44. The lowest BCUT2D eigenvalue weighted by atomic mass is 9.82. The fourth-order valence-electron chi connectivity index (χ4n) is 4.60. The maximum absolute atomic E-state index is 12.7. The van der Waals surface area contributed by atoms with Crippen LogP contribution in [0.25, 0.3) is 0 Å². The molecule has 1 unspecified atom stereocenters. The Bertz CT molecular complexity index is 994. The van der Waals surface area contributed by atoms with Crippen LogP contribution in [0.15, 0.2) is 47.6 Å². The predicted octanol–water partition coefficient (Wildman–Crippen LogP) is 4.82. The molecule has 33 heavy (non-hydrogen) atoms. The fourth-order valence-corrected chi connectivity index (χ4v) is 4.60. The molecule has 1 saturated heterocycles. The third-order valence-electron chi connectivity index (χ3n) is 6.43. The first-order valence-corrected chi connectivity index (χ1v) is 12.1. The number of benzene rings is 2. The van der Waals surface area contributed by atoms with E-state index in [1.807, 2.05) is 43.5 Å². The van der Waals surface area contributed by atoms with E-state index in [4.69, 9.17) is 4.74 Å². The van der Waals surface area contributed by atoms with E-state index in [2.05, 4.69) is 27.6 Å². The molecule has 0 aromatic heterocycles. The Balaban J connectivity index is 1.32. The lowest BCUT2D eigenvalue weighted by Gasteiger charge is -2.24. The van der Waals surface area contributed by atoms with Gasteiger partial charge in [-0.25, -0.2) is 0 Å². The standard InChI is InChI=1S/C27H33N3O3/c1-2-33-26(31)17-21-8-11-24-18-25(13-12-23(24)16-21)29-27(32)22-9-6-20(7-10-22)19-28-30-14-4-3-5-15-30/h6-7,9-10,12-13,18-19,21H,2-5,8,11,14-17H2,1H3,(H,29,32)/b28-19+. The molecule has 1 aliphatic carbocycles. The van der Waals surface area contributed by atoms with Crippen molar-refractivity contribution in [1.29, 1.82) is 0 Å². The molecule has 6 heteroatoms. The van der Waals surface area contributed by atoms with Crippen molar-refractivity contribution >= 4 is 23.8 Å². The average Bonchev–Trinajstić information content (AvgIpc) is 2.84. The minimum Gasteiger partial charge on any atom is -0.466 e. The van der Waals surface area contributed by atoms with Gasteiger partial charge in [-0.15, -0.1) is 0 Å². The van der Waals surface area contributed by atoms with E-state index >= 15 is 0 Å². The van der Waals surface area contributed by atoms with Crippen molar-refractivity contribution in [2.45, 2.75) is 51.9 Å². The van der Waals surface area contributed by atoms with Crippen LogP contribution in [0.5, 0.6) is 0 Å². The Labute approximate surface area is 196 Å². The Hall–Kier alpha value is -3.15. The zero-order valence-electron chi connectivity index (χ0n) is 19.4. The van der Waals surface area contributed by atoms with Gasteiger partial charge in [0, 0.05) is 30.8 Å². The molecule has 4 rings (SSSR count). The molecule has 0 bridgehead atoms. The Morgan fingerprint density at radius 1 is 1.09 bits per heavy atom. The number of amides is 1. The summed E-state index contributed by atoms with van der Waals surface area (Å²) in [4.78, 5) is 24.5. The summed E-state index contributed by atoms with van der Waals surface area (Å²) in [5.41, 5.74) is 4.92. The molecular formula is C27H33N3O3. The summed E-state index contributed by atoms with van der Waals surface area (Å²) in [6.07, 6.45) is 8.79. The molecule has 2 aromatic carbocycles. The molecule has 1 amide bonds. The smallest absolute Gasteiger partial charge is 0.306 e. The van der Waals surface area contributed by atoms with E-state index in [1.54, 1.807) is 0 Å². The van der Waals surface area contributed by atoms with Crippen molar-refractivity contribution in [3.63, 3.8) is 0 Å². The van der Waals surface area contributed by atoms with Crippen molar-refractivity contribution in [2.75, 3.05) is 25.0 Å². The first kappa shape index (κ1) is 23.0. The maximum Gasteiger partial charge on any atom is 0.306 e. The molecule has 0 spiro atoms. The number of rotatable bonds is 7. The number of hydrogen-bond donors (Lipinski definition) is 1. The summed E-state index contributed by atoms with van der Waals surface area (Å²) in [6.45, 7) is 4.30. The molecule has 1 atom stereocenters. The monoisotopic (exact) mass is 447 g/mol. The molecular weight excluding hydrogens is 414 g/mol. The minimum atomic E-state index is -0.120. The number of hydrazone groups is 1. The van der Waals surface area contributed by atoms with Crippen LogP contribution < -0.4 is 5.32 Å². The minimum absolute atomic E-state index is 0.112. The van der Waals surface area contributed by atoms with E-state index in [1.165, 1.54) is 30.4 Å². The highest BCUT2D eigenvalue weighted by Gasteiger charge is 2.22. The predicted molar refractivity (Wildman–Crippen MR) is 131 cm³/mol. The highest BCUT2D eigenvalue weighted by molar-refractivity contribution is 6.04. The Kier molecular flexibility index (Phi) is 7.76. The van der Waals surface area contributed by atoms with Gasteiger partial charge >= 0.3 is 5.97 Å². The van der Waals surface area contributed by atoms with Gasteiger partial charge in [-0.1, -0.05) is 18.2 Å². The van der Waals surface area contributed by atoms with Crippen molar-refractivity contribution in [2.24, 2.45) is 11.0 Å². The number of ether oxygens (including phenoxy) is 1. The first-order chi connectivity index (χ1) is 16.1. The van der Waals surface area contributed by atoms with Crippen LogP contribution in [0, 0.1) is 5.92 Å². The quantitative estimate of drug-likeness (QED) is 0.488. The van der Waals surface area contributed by atoms with Crippen molar-refractivity contribution in [3.05, 3.63) is 64.7 Å². The second-order valence-electron chi connectivity index (χ2n) is 8.94. The highest BCUT2D eigenvalue weighted by Crippen LogP contribution is 2.30. The van der Waals surface area contributed by atoms with Crippen molar-refractivity contribution in [3.8, 4) is 0 Å². The van der Waals surface area contributed by atoms with E-state index in [9.17, 15) is 9.59 Å². The molecule has 1 heterocycles. The second kappa shape index (κ2) is 11.1. The van der Waals surface area contributed by atoms with Crippen LogP contribution in [-0.4, -0.2) is 42.8 Å². The summed E-state index contributed by atoms with van der Waals surface area (Å²) in [5, 5.41) is 9.68. The summed E-state index contributed by atoms with van der Waals surface area (Å²) in [5.74, 6) is 0.0954. The third-order valence-corrected chi connectivity index (χ3v) is 6.43. The number of esters is 1. The van der Waals surface area contributed by atoms with Crippen LogP contribution in [-0.2, 0) is 22.4 Å². The molecule has 174 valence electrons. The van der Waals surface area contributed by atoms with Gasteiger partial charge in [-0.2, -0.15) is 5.10 Å². The molecule has 0 radical (unpaired) electrons. The average molecular weight is 448 g/mol. The number of carbonyl (C=O) groups excluding carboxylic acids is 2. The topological polar surface area (TPSA) is 71.0 Å². The van der Waals surface area contributed by atoms with Gasteiger partial charge in [0.1, 0.15) is 0 Å². The number of nitrogens with one attached hydrogen (secondary N) is 1. The summed E-state index contributed by atoms with van der Waals surface area (Å²) in [7, 11) is 0. The maximum atomic E-state index is 12.7. The van der Waals surface area contributed by atoms with Gasteiger partial charge in [0.25, 0.3) is 5.91 Å². The molecule has 1 aliphatic heterocycles. The van der Waals surface area contributed by atoms with Crippen molar-refractivity contribution in [1.82, 2.24) is 5.01 Å². The van der Waals surface area contributed by atoms with E-state index in [0.29, 0.717) is 24.5 Å². The molecule has 2 aromatic rings. The molecule has 2 aliphatic rings. The zero-order valence-corrected chi connectivity index (χ0v) is 19.4. The zero-order chi connectivity index (χ0) is 23.0. The van der Waals surface area contributed by atoms with Gasteiger partial charge in [0.2, 0.25) is 0 Å². The van der Waals surface area contributed by atoms with Crippen molar-refractivity contribution < 1.29 is 14.3 Å². The van der Waals surface area contributed by atoms with E-state index < -0.39 is 0 Å².